The van der Waals surface area contributed by atoms with E-state index in [2.05, 4.69) is 0 Å². The van der Waals surface area contributed by atoms with Crippen LogP contribution >= 0.6 is 0 Å². The van der Waals surface area contributed by atoms with Gasteiger partial charge in [-0.2, -0.15) is 18.4 Å². The Hall–Kier alpha value is -3.02. The molecule has 0 saturated carbocycles. The van der Waals surface area contributed by atoms with Gasteiger partial charge in [0.25, 0.3) is 0 Å². The smallest absolute Gasteiger partial charge is 0.416 e. The number of hydrogen-bond donors (Lipinski definition) is 1. The van der Waals surface area contributed by atoms with E-state index >= 15 is 0 Å². The monoisotopic (exact) mass is 370 g/mol. The predicted molar refractivity (Wildman–Crippen MR) is 81.4 cm³/mol. The number of hydrogen-bond acceptors (Lipinski definition) is 5. The summed E-state index contributed by atoms with van der Waals surface area (Å²) in [6, 6.07) is 3.55. The molecule has 1 aliphatic rings. The second kappa shape index (κ2) is 7.07. The van der Waals surface area contributed by atoms with Crippen molar-refractivity contribution in [3.8, 4) is 6.07 Å². The maximum atomic E-state index is 14.5. The summed E-state index contributed by atoms with van der Waals surface area (Å²) in [5.41, 5.74) is 3.64. The Balaban J connectivity index is 2.66. The highest BCUT2D eigenvalue weighted by Crippen LogP contribution is 2.41. The first-order valence-electron chi connectivity index (χ1n) is 7.43. The first-order valence-corrected chi connectivity index (χ1v) is 7.43. The maximum absolute atomic E-state index is 14.5. The Kier molecular flexibility index (Phi) is 5.25. The Labute approximate surface area is 146 Å². The number of carbonyl (C=O) groups excluding carboxylic acids is 1. The third kappa shape index (κ3) is 3.49. The summed E-state index contributed by atoms with van der Waals surface area (Å²) in [7, 11) is 0. The molecule has 2 rings (SSSR count). The van der Waals surface area contributed by atoms with Gasteiger partial charge in [-0.25, -0.2) is 9.18 Å². The lowest BCUT2D eigenvalue weighted by Crippen LogP contribution is -2.26. The molecular weight excluding hydrogens is 356 g/mol. The molecule has 5 nitrogen and oxygen atoms in total. The molecule has 9 heteroatoms. The van der Waals surface area contributed by atoms with E-state index in [0.717, 1.165) is 6.07 Å². The first-order chi connectivity index (χ1) is 12.1. The molecule has 0 aromatic heterocycles. The standard InChI is InChI=1S/C17H14F4N2O3/c1-3-25-16(24)13-8(2)26-15(23)11(7-22)14(13)10-5-4-9(6-12(10)18)17(19,20)21/h4-6,14H,3,23H2,1-2H3. The minimum absolute atomic E-state index is 0.00108. The summed E-state index contributed by atoms with van der Waals surface area (Å²) in [4.78, 5) is 12.3. The van der Waals surface area contributed by atoms with E-state index in [9.17, 15) is 27.6 Å². The number of nitrogens with zero attached hydrogens (tertiary/aromatic N) is 1. The van der Waals surface area contributed by atoms with Gasteiger partial charge in [-0.05, 0) is 26.0 Å². The lowest BCUT2D eigenvalue weighted by molar-refractivity contribution is -0.139. The third-order valence-corrected chi connectivity index (χ3v) is 3.74. The van der Waals surface area contributed by atoms with E-state index in [1.54, 1.807) is 13.0 Å². The van der Waals surface area contributed by atoms with Crippen molar-refractivity contribution in [3.05, 3.63) is 57.9 Å². The van der Waals surface area contributed by atoms with Crippen molar-refractivity contribution < 1.29 is 31.8 Å². The number of esters is 1. The molecule has 138 valence electrons. The summed E-state index contributed by atoms with van der Waals surface area (Å²) in [5, 5.41) is 9.34. The Bertz CT molecular complexity index is 851. The average Bonchev–Trinajstić information content (AvgIpc) is 2.53. The van der Waals surface area contributed by atoms with Crippen molar-refractivity contribution in [3.63, 3.8) is 0 Å². The quantitative estimate of drug-likeness (QED) is 0.650. The van der Waals surface area contributed by atoms with E-state index < -0.39 is 29.4 Å². The molecule has 1 atom stereocenters. The number of alkyl halides is 3. The molecule has 0 aliphatic carbocycles. The summed E-state index contributed by atoms with van der Waals surface area (Å²) < 4.78 is 62.8. The number of allylic oxidation sites excluding steroid dienone is 2. The highest BCUT2D eigenvalue weighted by Gasteiger charge is 2.39. The molecule has 0 radical (unpaired) electrons. The third-order valence-electron chi connectivity index (χ3n) is 3.74. The van der Waals surface area contributed by atoms with Crippen molar-refractivity contribution in [1.82, 2.24) is 0 Å². The molecule has 26 heavy (non-hydrogen) atoms. The summed E-state index contributed by atoms with van der Waals surface area (Å²) in [5.74, 6) is -3.84. The zero-order chi connectivity index (χ0) is 19.6. The fraction of sp³-hybridized carbons (Fsp3) is 0.294. The predicted octanol–water partition coefficient (Wildman–Crippen LogP) is 3.49. The van der Waals surface area contributed by atoms with Crippen LogP contribution in [0.2, 0.25) is 0 Å². The van der Waals surface area contributed by atoms with E-state index in [1.165, 1.54) is 6.92 Å². The van der Waals surface area contributed by atoms with Gasteiger partial charge >= 0.3 is 12.1 Å². The Morgan fingerprint density at radius 3 is 2.58 bits per heavy atom. The van der Waals surface area contributed by atoms with Crippen LogP contribution in [0, 0.1) is 17.1 Å². The number of carbonyl (C=O) groups is 1. The molecular formula is C17H14F4N2O3. The lowest BCUT2D eigenvalue weighted by atomic mass is 9.82. The molecule has 1 aromatic carbocycles. The van der Waals surface area contributed by atoms with Crippen molar-refractivity contribution >= 4 is 5.97 Å². The van der Waals surface area contributed by atoms with Crippen LogP contribution in [0.15, 0.2) is 41.0 Å². The van der Waals surface area contributed by atoms with Crippen molar-refractivity contribution in [2.75, 3.05) is 6.61 Å². The second-order valence-corrected chi connectivity index (χ2v) is 5.35. The van der Waals surface area contributed by atoms with Gasteiger partial charge in [0.15, 0.2) is 0 Å². The van der Waals surface area contributed by atoms with Crippen LogP contribution in [0.1, 0.15) is 30.9 Å². The average molecular weight is 370 g/mol. The van der Waals surface area contributed by atoms with Crippen molar-refractivity contribution in [2.24, 2.45) is 5.73 Å². The Morgan fingerprint density at radius 1 is 1.42 bits per heavy atom. The van der Waals surface area contributed by atoms with Gasteiger partial charge in [0.05, 0.1) is 23.7 Å². The topological polar surface area (TPSA) is 85.3 Å². The van der Waals surface area contributed by atoms with Crippen LogP contribution in [-0.2, 0) is 20.4 Å². The number of ether oxygens (including phenoxy) is 2. The van der Waals surface area contributed by atoms with Gasteiger partial charge in [-0.15, -0.1) is 0 Å². The SMILES string of the molecule is CCOC(=O)C1=C(C)OC(N)=C(C#N)C1c1ccc(C(F)(F)F)cc1F. The normalized spacial score (nSPS) is 17.7. The molecule has 0 spiro atoms. The van der Waals surface area contributed by atoms with Crippen LogP contribution in [0.3, 0.4) is 0 Å². The molecule has 1 unspecified atom stereocenters. The van der Waals surface area contributed by atoms with Crippen molar-refractivity contribution in [1.29, 1.82) is 5.26 Å². The molecule has 0 bridgehead atoms. The molecule has 2 N–H and O–H groups in total. The summed E-state index contributed by atoms with van der Waals surface area (Å²) in [6.07, 6.45) is -4.74. The summed E-state index contributed by atoms with van der Waals surface area (Å²) in [6.45, 7) is 2.90. The number of benzene rings is 1. The molecule has 1 aromatic rings. The zero-order valence-electron chi connectivity index (χ0n) is 13.8. The minimum Gasteiger partial charge on any atom is -0.463 e. The van der Waals surface area contributed by atoms with Crippen LogP contribution in [0.4, 0.5) is 17.6 Å². The number of nitriles is 1. The van der Waals surface area contributed by atoms with Crippen LogP contribution in [0.5, 0.6) is 0 Å². The van der Waals surface area contributed by atoms with Gasteiger partial charge in [0.1, 0.15) is 23.2 Å². The number of halogens is 4. The van der Waals surface area contributed by atoms with Gasteiger partial charge in [-0.1, -0.05) is 6.07 Å². The van der Waals surface area contributed by atoms with Gasteiger partial charge < -0.3 is 15.2 Å². The van der Waals surface area contributed by atoms with E-state index in [-0.39, 0.29) is 35.0 Å². The highest BCUT2D eigenvalue weighted by atomic mass is 19.4. The molecule has 0 fully saturated rings. The van der Waals surface area contributed by atoms with Crippen LogP contribution in [0.25, 0.3) is 0 Å². The maximum Gasteiger partial charge on any atom is 0.416 e. The fourth-order valence-corrected chi connectivity index (χ4v) is 2.60. The van der Waals surface area contributed by atoms with E-state index in [0.29, 0.717) is 12.1 Å². The van der Waals surface area contributed by atoms with Gasteiger partial charge in [0, 0.05) is 5.56 Å². The molecule has 0 amide bonds. The van der Waals surface area contributed by atoms with Crippen molar-refractivity contribution in [2.45, 2.75) is 25.9 Å². The minimum atomic E-state index is -4.74. The molecule has 0 saturated heterocycles. The van der Waals surface area contributed by atoms with Gasteiger partial charge in [-0.3, -0.25) is 0 Å². The molecule has 1 aliphatic heterocycles. The lowest BCUT2D eigenvalue weighted by Gasteiger charge is -2.27. The second-order valence-electron chi connectivity index (χ2n) is 5.35. The van der Waals surface area contributed by atoms with Crippen LogP contribution in [-0.4, -0.2) is 12.6 Å². The number of rotatable bonds is 3. The van der Waals surface area contributed by atoms with E-state index in [1.807, 2.05) is 0 Å². The highest BCUT2D eigenvalue weighted by molar-refractivity contribution is 5.92. The van der Waals surface area contributed by atoms with Crippen LogP contribution < -0.4 is 5.73 Å². The Morgan fingerprint density at radius 2 is 2.08 bits per heavy atom. The largest absolute Gasteiger partial charge is 0.463 e. The summed E-state index contributed by atoms with van der Waals surface area (Å²) >= 11 is 0. The number of nitrogens with two attached hydrogens (primary N) is 1. The molecule has 1 heterocycles. The first kappa shape index (κ1) is 19.3. The van der Waals surface area contributed by atoms with Gasteiger partial charge in [0.2, 0.25) is 5.88 Å². The zero-order valence-corrected chi connectivity index (χ0v) is 13.8. The van der Waals surface area contributed by atoms with E-state index in [4.69, 9.17) is 15.2 Å². The fourth-order valence-electron chi connectivity index (χ4n) is 2.60.